The number of rotatable bonds is 8. The van der Waals surface area contributed by atoms with Gasteiger partial charge in [-0.3, -0.25) is 4.79 Å². The summed E-state index contributed by atoms with van der Waals surface area (Å²) < 4.78 is 67.7. The number of carbonyl (C=O) groups is 1. The van der Waals surface area contributed by atoms with Crippen molar-refractivity contribution in [1.82, 2.24) is 15.1 Å². The van der Waals surface area contributed by atoms with Gasteiger partial charge in [-0.25, -0.2) is 4.68 Å². The number of carbonyl (C=O) groups excluding carboxylic acids is 1. The molecule has 0 saturated heterocycles. The van der Waals surface area contributed by atoms with Crippen LogP contribution < -0.4 is 15.2 Å². The maximum Gasteiger partial charge on any atom is 0.390 e. The molecule has 2 aromatic carbocycles. The molecule has 2 atom stereocenters. The van der Waals surface area contributed by atoms with Gasteiger partial charge in [-0.05, 0) is 75.1 Å². The average Bonchev–Trinajstić information content (AvgIpc) is 3.19. The van der Waals surface area contributed by atoms with Gasteiger partial charge in [0.15, 0.2) is 5.69 Å². The van der Waals surface area contributed by atoms with Gasteiger partial charge in [-0.15, -0.1) is 12.4 Å². The highest BCUT2D eigenvalue weighted by Crippen LogP contribution is 2.34. The van der Waals surface area contributed by atoms with Crippen LogP contribution in [0.5, 0.6) is 5.75 Å². The lowest BCUT2D eigenvalue weighted by Crippen LogP contribution is -2.42. The summed E-state index contributed by atoms with van der Waals surface area (Å²) in [5, 5.41) is 8.27. The molecule has 0 radical (unpaired) electrons. The number of nitrogens with two attached hydrogens (primary N) is 1. The summed E-state index contributed by atoms with van der Waals surface area (Å²) in [6.45, 7) is 1.72. The zero-order valence-electron chi connectivity index (χ0n) is 21.7. The van der Waals surface area contributed by atoms with Gasteiger partial charge in [0.2, 0.25) is 0 Å². The van der Waals surface area contributed by atoms with Crippen LogP contribution in [0.25, 0.3) is 16.9 Å². The third-order valence-electron chi connectivity index (χ3n) is 6.51. The van der Waals surface area contributed by atoms with E-state index in [0.29, 0.717) is 34.0 Å². The molecule has 1 fully saturated rings. The molecule has 0 unspecified atom stereocenters. The Hall–Kier alpha value is -2.51. The van der Waals surface area contributed by atoms with E-state index in [9.17, 15) is 26.4 Å². The molecular formula is C26H28Cl3F3N4O4S. The number of aromatic nitrogens is 2. The summed E-state index contributed by atoms with van der Waals surface area (Å²) in [4.78, 5) is 13.3. The Bertz CT molecular complexity index is 1500. The SMILES string of the molecule is Cc1c(C(=O)N[C@@H]2CCC[C@@H](N)C2)nn(-c2ccc(Cl)cc2Cl)c1-c1ccc(OS(=O)(=O)CCC(F)(F)F)cc1.Cl. The topological polar surface area (TPSA) is 116 Å². The monoisotopic (exact) mass is 654 g/mol. The molecule has 3 N–H and O–H groups in total. The lowest BCUT2D eigenvalue weighted by Gasteiger charge is -2.27. The Morgan fingerprint density at radius 1 is 1.17 bits per heavy atom. The lowest BCUT2D eigenvalue weighted by molar-refractivity contribution is -0.130. The van der Waals surface area contributed by atoms with Crippen LogP contribution >= 0.6 is 35.6 Å². The Kier molecular flexibility index (Phi) is 10.6. The molecule has 0 spiro atoms. The third kappa shape index (κ3) is 8.51. The van der Waals surface area contributed by atoms with Crippen molar-refractivity contribution in [2.45, 2.75) is 57.3 Å². The first-order valence-corrected chi connectivity index (χ1v) is 14.8. The second-order valence-corrected chi connectivity index (χ2v) is 12.2. The summed E-state index contributed by atoms with van der Waals surface area (Å²) in [6, 6.07) is 10.4. The van der Waals surface area contributed by atoms with Crippen molar-refractivity contribution in [2.24, 2.45) is 5.73 Å². The van der Waals surface area contributed by atoms with Gasteiger partial charge in [0.25, 0.3) is 5.91 Å². The van der Waals surface area contributed by atoms with E-state index in [1.807, 2.05) is 0 Å². The number of nitrogens with one attached hydrogen (secondary N) is 1. The molecule has 1 saturated carbocycles. The standard InChI is InChI=1S/C26H27Cl2F3N4O4S.ClH/c1-15-23(25(36)33-19-4-2-3-18(32)14-19)34-35(22-10-7-17(27)13-21(22)28)24(15)16-5-8-20(9-6-16)39-40(37,38)12-11-26(29,30)31;/h5-10,13,18-19H,2-4,11-12,14,32H2,1H3,(H,33,36);1H/t18-,19-;/m1./s1. The van der Waals surface area contributed by atoms with Crippen LogP contribution in [0, 0.1) is 6.92 Å². The number of halogens is 6. The van der Waals surface area contributed by atoms with Gasteiger partial charge in [-0.2, -0.15) is 26.7 Å². The average molecular weight is 656 g/mol. The minimum absolute atomic E-state index is 0. The molecule has 1 aliphatic carbocycles. The molecule has 8 nitrogen and oxygen atoms in total. The summed E-state index contributed by atoms with van der Waals surface area (Å²) in [5.41, 5.74) is 8.21. The zero-order valence-corrected chi connectivity index (χ0v) is 24.9. The van der Waals surface area contributed by atoms with E-state index in [-0.39, 0.29) is 46.9 Å². The van der Waals surface area contributed by atoms with Crippen LogP contribution in [-0.2, 0) is 10.1 Å². The quantitative estimate of drug-likeness (QED) is 0.278. The van der Waals surface area contributed by atoms with Crippen LogP contribution in [-0.4, -0.2) is 48.1 Å². The van der Waals surface area contributed by atoms with E-state index < -0.39 is 28.5 Å². The highest BCUT2D eigenvalue weighted by atomic mass is 35.5. The third-order valence-corrected chi connectivity index (χ3v) is 8.20. The normalized spacial score (nSPS) is 17.5. The number of hydrogen-bond acceptors (Lipinski definition) is 6. The summed E-state index contributed by atoms with van der Waals surface area (Å²) in [7, 11) is -4.47. The number of benzene rings is 2. The molecule has 41 heavy (non-hydrogen) atoms. The predicted molar refractivity (Wildman–Crippen MR) is 154 cm³/mol. The fourth-order valence-corrected chi connectivity index (χ4v) is 6.05. The molecule has 1 amide bonds. The van der Waals surface area contributed by atoms with Crippen molar-refractivity contribution in [2.75, 3.05) is 5.75 Å². The van der Waals surface area contributed by atoms with E-state index in [1.54, 1.807) is 19.1 Å². The van der Waals surface area contributed by atoms with Gasteiger partial charge in [-0.1, -0.05) is 23.2 Å². The van der Waals surface area contributed by atoms with Gasteiger partial charge < -0.3 is 15.2 Å². The molecule has 3 aromatic rings. The van der Waals surface area contributed by atoms with Gasteiger partial charge in [0.05, 0.1) is 28.6 Å². The van der Waals surface area contributed by atoms with E-state index >= 15 is 0 Å². The first-order chi connectivity index (χ1) is 18.7. The van der Waals surface area contributed by atoms with Gasteiger partial charge in [0, 0.05) is 28.2 Å². The van der Waals surface area contributed by atoms with Crippen LogP contribution in [0.15, 0.2) is 42.5 Å². The Morgan fingerprint density at radius 2 is 1.85 bits per heavy atom. The minimum Gasteiger partial charge on any atom is -0.382 e. The molecule has 0 aliphatic heterocycles. The van der Waals surface area contributed by atoms with E-state index in [4.69, 9.17) is 33.1 Å². The maximum absolute atomic E-state index is 13.3. The second kappa shape index (κ2) is 13.2. The van der Waals surface area contributed by atoms with E-state index in [1.165, 1.54) is 35.0 Å². The fourth-order valence-electron chi connectivity index (χ4n) is 4.59. The van der Waals surface area contributed by atoms with Crippen molar-refractivity contribution in [3.8, 4) is 22.7 Å². The van der Waals surface area contributed by atoms with Gasteiger partial charge in [0.1, 0.15) is 5.75 Å². The highest BCUT2D eigenvalue weighted by Gasteiger charge is 2.31. The summed E-state index contributed by atoms with van der Waals surface area (Å²) >= 11 is 12.5. The number of amides is 1. The highest BCUT2D eigenvalue weighted by molar-refractivity contribution is 7.87. The zero-order chi connectivity index (χ0) is 29.2. The second-order valence-electron chi connectivity index (χ2n) is 9.66. The smallest absolute Gasteiger partial charge is 0.382 e. The first-order valence-electron chi connectivity index (χ1n) is 12.4. The number of hydrogen-bond donors (Lipinski definition) is 2. The van der Waals surface area contributed by atoms with Crippen molar-refractivity contribution < 1.29 is 30.6 Å². The van der Waals surface area contributed by atoms with Crippen LogP contribution in [0.1, 0.15) is 48.2 Å². The predicted octanol–water partition coefficient (Wildman–Crippen LogP) is 6.24. The molecule has 4 rings (SSSR count). The molecule has 1 aliphatic rings. The van der Waals surface area contributed by atoms with E-state index in [0.717, 1.165) is 19.3 Å². The summed E-state index contributed by atoms with van der Waals surface area (Å²) in [6.07, 6.45) is -2.87. The van der Waals surface area contributed by atoms with E-state index in [2.05, 4.69) is 10.4 Å². The molecular weight excluding hydrogens is 628 g/mol. The first kappa shape index (κ1) is 33.0. The fraction of sp³-hybridized carbons (Fsp3) is 0.385. The van der Waals surface area contributed by atoms with Crippen LogP contribution in [0.2, 0.25) is 10.0 Å². The Morgan fingerprint density at radius 3 is 2.46 bits per heavy atom. The molecule has 15 heteroatoms. The van der Waals surface area contributed by atoms with Crippen molar-refractivity contribution >= 4 is 51.6 Å². The van der Waals surface area contributed by atoms with Crippen molar-refractivity contribution in [3.63, 3.8) is 0 Å². The van der Waals surface area contributed by atoms with Crippen molar-refractivity contribution in [3.05, 3.63) is 63.8 Å². The summed E-state index contributed by atoms with van der Waals surface area (Å²) in [5.74, 6) is -1.74. The van der Waals surface area contributed by atoms with Crippen LogP contribution in [0.4, 0.5) is 13.2 Å². The molecule has 1 aromatic heterocycles. The van der Waals surface area contributed by atoms with Gasteiger partial charge >= 0.3 is 16.3 Å². The molecule has 0 bridgehead atoms. The molecule has 1 heterocycles. The largest absolute Gasteiger partial charge is 0.390 e. The lowest BCUT2D eigenvalue weighted by atomic mass is 9.91. The minimum atomic E-state index is -4.63. The Labute approximate surface area is 251 Å². The molecule has 224 valence electrons. The Balaban J connectivity index is 0.00000462. The number of nitrogens with zero attached hydrogens (tertiary/aromatic N) is 2. The number of alkyl halides is 3. The maximum atomic E-state index is 13.3. The van der Waals surface area contributed by atoms with Crippen LogP contribution in [0.3, 0.4) is 0 Å². The van der Waals surface area contributed by atoms with Crippen molar-refractivity contribution in [1.29, 1.82) is 0 Å².